The number of carbonyl (C=O) groups is 3. The van der Waals surface area contributed by atoms with E-state index in [4.69, 9.17) is 9.57 Å². The fourth-order valence-corrected chi connectivity index (χ4v) is 2.80. The summed E-state index contributed by atoms with van der Waals surface area (Å²) >= 11 is 0. The van der Waals surface area contributed by atoms with E-state index < -0.39 is 39.6 Å². The minimum Gasteiger partial charge on any atom is -0.477 e. The maximum absolute atomic E-state index is 12.1. The normalized spacial score (nSPS) is 29.8. The topological polar surface area (TPSA) is 139 Å². The molecular weight excluding hydrogens is 308 g/mol. The summed E-state index contributed by atoms with van der Waals surface area (Å²) in [5.74, 6) is -3.48. The predicted octanol–water partition coefficient (Wildman–Crippen LogP) is -1.81. The van der Waals surface area contributed by atoms with Crippen LogP contribution in [0.4, 0.5) is 0 Å². The smallest absolute Gasteiger partial charge is 0.372 e. The SMILES string of the molecule is CCS(=O)(=O)N[C@H]1CON(C2(C(=O)O)CCC(=O)O2)C1=O. The Bertz CT molecular complexity index is 588. The van der Waals surface area contributed by atoms with Crippen molar-refractivity contribution < 1.29 is 37.5 Å². The van der Waals surface area contributed by atoms with Gasteiger partial charge in [0.2, 0.25) is 10.0 Å². The Morgan fingerprint density at radius 3 is 2.67 bits per heavy atom. The van der Waals surface area contributed by atoms with E-state index in [0.29, 0.717) is 5.06 Å². The van der Waals surface area contributed by atoms with Crippen LogP contribution in [0.3, 0.4) is 0 Å². The number of hydrogen-bond donors (Lipinski definition) is 2. The van der Waals surface area contributed by atoms with Crippen LogP contribution < -0.4 is 4.72 Å². The van der Waals surface area contributed by atoms with Gasteiger partial charge in [0.25, 0.3) is 5.91 Å². The number of nitrogens with zero attached hydrogens (tertiary/aromatic N) is 1. The zero-order valence-corrected chi connectivity index (χ0v) is 11.9. The summed E-state index contributed by atoms with van der Waals surface area (Å²) in [5, 5.41) is 9.67. The highest BCUT2D eigenvalue weighted by atomic mass is 32.2. The van der Waals surface area contributed by atoms with Crippen LogP contribution in [0.15, 0.2) is 0 Å². The molecule has 118 valence electrons. The van der Waals surface area contributed by atoms with Crippen molar-refractivity contribution >= 4 is 27.9 Å². The molecule has 2 heterocycles. The highest BCUT2D eigenvalue weighted by Gasteiger charge is 2.59. The van der Waals surface area contributed by atoms with E-state index in [-0.39, 0.29) is 25.2 Å². The van der Waals surface area contributed by atoms with Gasteiger partial charge in [-0.3, -0.25) is 14.4 Å². The number of nitrogens with one attached hydrogen (secondary N) is 1. The number of carboxylic acid groups (broad SMARTS) is 1. The summed E-state index contributed by atoms with van der Waals surface area (Å²) in [7, 11) is -3.67. The Balaban J connectivity index is 2.21. The Kier molecular flexibility index (Phi) is 3.91. The van der Waals surface area contributed by atoms with Crippen molar-refractivity contribution in [1.82, 2.24) is 9.79 Å². The van der Waals surface area contributed by atoms with Crippen molar-refractivity contribution in [2.45, 2.75) is 31.5 Å². The first-order valence-electron chi connectivity index (χ1n) is 6.14. The van der Waals surface area contributed by atoms with Crippen molar-refractivity contribution in [1.29, 1.82) is 0 Å². The van der Waals surface area contributed by atoms with E-state index in [0.717, 1.165) is 0 Å². The van der Waals surface area contributed by atoms with Gasteiger partial charge in [-0.1, -0.05) is 0 Å². The summed E-state index contributed by atoms with van der Waals surface area (Å²) in [6.45, 7) is 1.02. The van der Waals surface area contributed by atoms with Crippen LogP contribution in [0.25, 0.3) is 0 Å². The molecule has 0 spiro atoms. The lowest BCUT2D eigenvalue weighted by Crippen LogP contribution is -2.56. The maximum atomic E-state index is 12.1. The van der Waals surface area contributed by atoms with Crippen molar-refractivity contribution in [3.8, 4) is 0 Å². The third kappa shape index (κ3) is 2.71. The molecule has 0 aromatic carbocycles. The summed E-state index contributed by atoms with van der Waals surface area (Å²) in [5.41, 5.74) is -2.24. The fourth-order valence-electron chi connectivity index (χ4n) is 2.03. The summed E-state index contributed by atoms with van der Waals surface area (Å²) in [6, 6.07) is -1.24. The van der Waals surface area contributed by atoms with Gasteiger partial charge in [0, 0.05) is 6.42 Å². The van der Waals surface area contributed by atoms with E-state index in [2.05, 4.69) is 4.72 Å². The number of sulfonamides is 1. The Hall–Kier alpha value is -1.72. The molecule has 2 saturated heterocycles. The van der Waals surface area contributed by atoms with E-state index in [9.17, 15) is 27.9 Å². The molecule has 2 aliphatic rings. The molecule has 0 saturated carbocycles. The lowest BCUT2D eigenvalue weighted by Gasteiger charge is -2.30. The number of amides is 1. The molecule has 21 heavy (non-hydrogen) atoms. The minimum atomic E-state index is -3.67. The van der Waals surface area contributed by atoms with Gasteiger partial charge in [-0.05, 0) is 6.92 Å². The maximum Gasteiger partial charge on any atom is 0.372 e. The van der Waals surface area contributed by atoms with Crippen molar-refractivity contribution in [2.75, 3.05) is 12.4 Å². The van der Waals surface area contributed by atoms with Gasteiger partial charge in [-0.2, -0.15) is 5.06 Å². The molecule has 2 aliphatic heterocycles. The molecule has 2 N–H and O–H groups in total. The van der Waals surface area contributed by atoms with Crippen LogP contribution in [0.1, 0.15) is 19.8 Å². The number of carboxylic acids is 1. The molecule has 1 amide bonds. The summed E-state index contributed by atoms with van der Waals surface area (Å²) in [4.78, 5) is 39.6. The van der Waals surface area contributed by atoms with E-state index in [1.807, 2.05) is 0 Å². The monoisotopic (exact) mass is 322 g/mol. The van der Waals surface area contributed by atoms with Gasteiger partial charge in [-0.25, -0.2) is 17.9 Å². The third-order valence-electron chi connectivity index (χ3n) is 3.18. The number of ether oxygens (including phenoxy) is 1. The molecule has 0 aromatic heterocycles. The number of carbonyl (C=O) groups excluding carboxylic acids is 2. The molecule has 2 atom stereocenters. The third-order valence-corrected chi connectivity index (χ3v) is 4.59. The van der Waals surface area contributed by atoms with Gasteiger partial charge in [0.1, 0.15) is 12.6 Å². The van der Waals surface area contributed by atoms with Crippen molar-refractivity contribution in [2.24, 2.45) is 0 Å². The average molecular weight is 322 g/mol. The standard InChI is InChI=1S/C10H14N2O8S/c1-2-21(17,18)11-6-5-19-12(8(6)14)10(9(15)16)4-3-7(13)20-10/h6,11H,2-5H2,1H3,(H,15,16)/t6-,10?/m0/s1. The summed E-state index contributed by atoms with van der Waals surface area (Å²) < 4.78 is 29.7. The molecule has 0 aliphatic carbocycles. The zero-order valence-electron chi connectivity index (χ0n) is 11.1. The first-order valence-corrected chi connectivity index (χ1v) is 7.79. The van der Waals surface area contributed by atoms with Crippen LogP contribution in [0, 0.1) is 0 Å². The van der Waals surface area contributed by atoms with Crippen LogP contribution in [0.2, 0.25) is 0 Å². The van der Waals surface area contributed by atoms with E-state index in [1.54, 1.807) is 0 Å². The van der Waals surface area contributed by atoms with E-state index in [1.165, 1.54) is 6.92 Å². The average Bonchev–Trinajstić information content (AvgIpc) is 2.95. The molecular formula is C10H14N2O8S. The molecule has 11 heteroatoms. The first kappa shape index (κ1) is 15.7. The second-order valence-corrected chi connectivity index (χ2v) is 6.61. The summed E-state index contributed by atoms with van der Waals surface area (Å²) in [6.07, 6.45) is -0.440. The molecule has 0 bridgehead atoms. The molecule has 10 nitrogen and oxygen atoms in total. The van der Waals surface area contributed by atoms with Crippen LogP contribution >= 0.6 is 0 Å². The molecule has 0 aromatic rings. The minimum absolute atomic E-state index is 0.176. The second kappa shape index (κ2) is 5.24. The van der Waals surface area contributed by atoms with Gasteiger partial charge >= 0.3 is 17.7 Å². The number of rotatable bonds is 5. The molecule has 2 fully saturated rings. The van der Waals surface area contributed by atoms with Gasteiger partial charge in [0.15, 0.2) is 0 Å². The van der Waals surface area contributed by atoms with Crippen LogP contribution in [0.5, 0.6) is 0 Å². The molecule has 2 rings (SSSR count). The lowest BCUT2D eigenvalue weighted by molar-refractivity contribution is -0.256. The lowest BCUT2D eigenvalue weighted by atomic mass is 10.1. The zero-order chi connectivity index (χ0) is 15.8. The fraction of sp³-hybridized carbons (Fsp3) is 0.700. The predicted molar refractivity (Wildman–Crippen MR) is 64.9 cm³/mol. The van der Waals surface area contributed by atoms with Gasteiger partial charge in [-0.15, -0.1) is 0 Å². The number of esters is 1. The van der Waals surface area contributed by atoms with Crippen LogP contribution in [-0.2, 0) is 34.0 Å². The quantitative estimate of drug-likeness (QED) is 0.564. The number of aliphatic carboxylic acids is 1. The second-order valence-electron chi connectivity index (χ2n) is 4.57. The highest BCUT2D eigenvalue weighted by Crippen LogP contribution is 2.34. The van der Waals surface area contributed by atoms with E-state index >= 15 is 0 Å². The largest absolute Gasteiger partial charge is 0.477 e. The molecule has 0 radical (unpaired) electrons. The Morgan fingerprint density at radius 1 is 1.52 bits per heavy atom. The van der Waals surface area contributed by atoms with Gasteiger partial charge in [0.05, 0.1) is 12.2 Å². The number of hydroxylamine groups is 2. The number of hydrogen-bond acceptors (Lipinski definition) is 7. The van der Waals surface area contributed by atoms with Crippen molar-refractivity contribution in [3.63, 3.8) is 0 Å². The Morgan fingerprint density at radius 2 is 2.19 bits per heavy atom. The van der Waals surface area contributed by atoms with Gasteiger partial charge < -0.3 is 9.84 Å². The highest BCUT2D eigenvalue weighted by molar-refractivity contribution is 7.89. The first-order chi connectivity index (χ1) is 9.72. The Labute approximate surface area is 120 Å². The number of cyclic esters (lactones) is 1. The van der Waals surface area contributed by atoms with Crippen molar-refractivity contribution in [3.05, 3.63) is 0 Å². The molecule has 1 unspecified atom stereocenters. The van der Waals surface area contributed by atoms with Crippen LogP contribution in [-0.4, -0.2) is 60.6 Å².